The molecular formula is C39H31N3S. The summed E-state index contributed by atoms with van der Waals surface area (Å²) < 4.78 is 1.23. The standard InChI is InChI=1S/C39H29N3S.H2/c1-3-9-27(10-4-1)38-41-36-24-35-30(23-37(36)43-38)22-29-21-28(16-19-34(29)40-35)26-14-17-33(18-15-26)42(32-12-5-2-6-13-32)39-20-8-7-11-31(39)25-39;/h1-21,23-24,31,40H,22,25H2;1H. The molecule has 3 nitrogen and oxygen atoms in total. The van der Waals surface area contributed by atoms with Crippen LogP contribution in [-0.2, 0) is 6.42 Å². The van der Waals surface area contributed by atoms with Crippen molar-refractivity contribution >= 4 is 44.3 Å². The third-order valence-corrected chi connectivity index (χ3v) is 10.2. The second-order valence-electron chi connectivity index (χ2n) is 11.8. The second-order valence-corrected chi connectivity index (χ2v) is 12.8. The summed E-state index contributed by atoms with van der Waals surface area (Å²) in [6.45, 7) is 0. The van der Waals surface area contributed by atoms with E-state index in [1.54, 1.807) is 11.3 Å². The van der Waals surface area contributed by atoms with Gasteiger partial charge in [-0.25, -0.2) is 4.98 Å². The lowest BCUT2D eigenvalue weighted by molar-refractivity contribution is 0.752. The molecule has 2 aliphatic carbocycles. The van der Waals surface area contributed by atoms with E-state index in [0.717, 1.165) is 29.1 Å². The van der Waals surface area contributed by atoms with Crippen LogP contribution in [0.25, 0.3) is 31.9 Å². The topological polar surface area (TPSA) is 28.2 Å². The zero-order valence-corrected chi connectivity index (χ0v) is 24.4. The van der Waals surface area contributed by atoms with Crippen molar-refractivity contribution in [2.75, 3.05) is 10.2 Å². The van der Waals surface area contributed by atoms with Gasteiger partial charge in [0, 0.05) is 42.1 Å². The summed E-state index contributed by atoms with van der Waals surface area (Å²) in [6, 6.07) is 41.7. The van der Waals surface area contributed by atoms with Crippen molar-refractivity contribution < 1.29 is 1.43 Å². The Morgan fingerprint density at radius 2 is 1.47 bits per heavy atom. The molecule has 5 aromatic carbocycles. The fraction of sp³-hybridized carbons (Fsp3) is 0.103. The first-order valence-electron chi connectivity index (χ1n) is 14.9. The van der Waals surface area contributed by atoms with Crippen molar-refractivity contribution in [2.45, 2.75) is 18.4 Å². The third kappa shape index (κ3) is 4.13. The van der Waals surface area contributed by atoms with Gasteiger partial charge in [-0.1, -0.05) is 91.0 Å². The van der Waals surface area contributed by atoms with Crippen molar-refractivity contribution in [1.29, 1.82) is 0 Å². The molecule has 6 aromatic rings. The highest BCUT2D eigenvalue weighted by molar-refractivity contribution is 7.21. The van der Waals surface area contributed by atoms with Crippen LogP contribution >= 0.6 is 11.3 Å². The van der Waals surface area contributed by atoms with E-state index in [2.05, 4.69) is 144 Å². The summed E-state index contributed by atoms with van der Waals surface area (Å²) in [5, 5.41) is 4.76. The fourth-order valence-corrected chi connectivity index (χ4v) is 7.87. The molecule has 0 amide bonds. The van der Waals surface area contributed by atoms with Gasteiger partial charge in [-0.05, 0) is 77.2 Å². The number of thiazole rings is 1. The molecule has 1 N–H and O–H groups in total. The maximum atomic E-state index is 4.94. The molecule has 3 aliphatic rings. The van der Waals surface area contributed by atoms with Gasteiger partial charge in [0.15, 0.2) is 0 Å². The van der Waals surface area contributed by atoms with E-state index in [1.165, 1.54) is 49.6 Å². The maximum Gasteiger partial charge on any atom is 0.124 e. The van der Waals surface area contributed by atoms with E-state index in [-0.39, 0.29) is 6.97 Å². The largest absolute Gasteiger partial charge is 0.355 e. The number of aromatic nitrogens is 1. The number of benzene rings is 5. The van der Waals surface area contributed by atoms with E-state index in [9.17, 15) is 0 Å². The minimum atomic E-state index is 0. The highest BCUT2D eigenvalue weighted by Gasteiger charge is 2.56. The minimum Gasteiger partial charge on any atom is -0.355 e. The highest BCUT2D eigenvalue weighted by atomic mass is 32.1. The number of nitrogens with zero attached hydrogens (tertiary/aromatic N) is 2. The van der Waals surface area contributed by atoms with Gasteiger partial charge in [0.25, 0.3) is 0 Å². The molecule has 9 rings (SSSR count). The van der Waals surface area contributed by atoms with E-state index in [4.69, 9.17) is 4.98 Å². The zero-order valence-electron chi connectivity index (χ0n) is 23.6. The van der Waals surface area contributed by atoms with Crippen LogP contribution in [0.15, 0.2) is 140 Å². The molecule has 1 fully saturated rings. The lowest BCUT2D eigenvalue weighted by atomic mass is 9.93. The van der Waals surface area contributed by atoms with Crippen LogP contribution < -0.4 is 10.2 Å². The van der Waals surface area contributed by atoms with Crippen molar-refractivity contribution in [3.05, 3.63) is 151 Å². The van der Waals surface area contributed by atoms with E-state index in [1.807, 2.05) is 6.07 Å². The molecule has 43 heavy (non-hydrogen) atoms. The van der Waals surface area contributed by atoms with Crippen LogP contribution in [0, 0.1) is 5.92 Å². The molecule has 2 heterocycles. The average Bonchev–Trinajstić information content (AvgIpc) is 3.66. The fourth-order valence-electron chi connectivity index (χ4n) is 6.86. The molecule has 0 bridgehead atoms. The molecule has 0 saturated heterocycles. The molecule has 2 unspecified atom stereocenters. The Balaban J connectivity index is 0.00000289. The Kier molecular flexibility index (Phi) is 5.47. The normalized spacial score (nSPS) is 19.3. The monoisotopic (exact) mass is 573 g/mol. The molecule has 0 spiro atoms. The quantitative estimate of drug-likeness (QED) is 0.222. The van der Waals surface area contributed by atoms with Crippen LogP contribution in [0.4, 0.5) is 22.7 Å². The first-order valence-corrected chi connectivity index (χ1v) is 15.8. The number of anilines is 4. The lowest BCUT2D eigenvalue weighted by Crippen LogP contribution is -2.34. The summed E-state index contributed by atoms with van der Waals surface area (Å²) in [5.41, 5.74) is 12.2. The van der Waals surface area contributed by atoms with Gasteiger partial charge in [0.1, 0.15) is 5.01 Å². The Hall–Kier alpha value is -4.93. The van der Waals surface area contributed by atoms with Crippen LogP contribution in [-0.4, -0.2) is 10.5 Å². The average molecular weight is 574 g/mol. The predicted molar refractivity (Wildman–Crippen MR) is 183 cm³/mol. The molecular weight excluding hydrogens is 543 g/mol. The van der Waals surface area contributed by atoms with Gasteiger partial charge in [0.05, 0.1) is 15.8 Å². The van der Waals surface area contributed by atoms with E-state index in [0.29, 0.717) is 5.92 Å². The Bertz CT molecular complexity index is 2060. The second kappa shape index (κ2) is 9.55. The summed E-state index contributed by atoms with van der Waals surface area (Å²) in [5.74, 6) is 0.560. The van der Waals surface area contributed by atoms with Gasteiger partial charge in [-0.15, -0.1) is 11.3 Å². The van der Waals surface area contributed by atoms with Crippen LogP contribution in [0.3, 0.4) is 0 Å². The van der Waals surface area contributed by atoms with Crippen molar-refractivity contribution in [2.24, 2.45) is 5.92 Å². The number of para-hydroxylation sites is 1. The van der Waals surface area contributed by atoms with Crippen LogP contribution in [0.1, 0.15) is 19.0 Å². The smallest absolute Gasteiger partial charge is 0.124 e. The maximum absolute atomic E-state index is 4.94. The molecule has 208 valence electrons. The first-order chi connectivity index (χ1) is 21.2. The van der Waals surface area contributed by atoms with Gasteiger partial charge >= 0.3 is 0 Å². The van der Waals surface area contributed by atoms with Crippen molar-refractivity contribution in [1.82, 2.24) is 4.98 Å². The number of hydrogen-bond acceptors (Lipinski definition) is 4. The lowest BCUT2D eigenvalue weighted by Gasteiger charge is -2.34. The summed E-state index contributed by atoms with van der Waals surface area (Å²) in [4.78, 5) is 7.47. The van der Waals surface area contributed by atoms with Crippen LogP contribution in [0.5, 0.6) is 0 Å². The Morgan fingerprint density at radius 1 is 0.721 bits per heavy atom. The highest BCUT2D eigenvalue weighted by Crippen LogP contribution is 2.56. The summed E-state index contributed by atoms with van der Waals surface area (Å²) >= 11 is 1.77. The van der Waals surface area contributed by atoms with E-state index < -0.39 is 0 Å². The number of hydrogen-bond donors (Lipinski definition) is 1. The number of allylic oxidation sites excluding steroid dienone is 2. The molecule has 1 aliphatic heterocycles. The molecule has 0 radical (unpaired) electrons. The molecule has 4 heteroatoms. The van der Waals surface area contributed by atoms with Gasteiger partial charge in [-0.3, -0.25) is 0 Å². The number of fused-ring (bicyclic) bond motifs is 4. The van der Waals surface area contributed by atoms with Gasteiger partial charge in [-0.2, -0.15) is 0 Å². The third-order valence-electron chi connectivity index (χ3n) is 9.15. The van der Waals surface area contributed by atoms with Crippen LogP contribution in [0.2, 0.25) is 0 Å². The predicted octanol–water partition coefficient (Wildman–Crippen LogP) is 10.5. The van der Waals surface area contributed by atoms with Crippen molar-refractivity contribution in [3.63, 3.8) is 0 Å². The summed E-state index contributed by atoms with van der Waals surface area (Å²) in [6.07, 6.45) is 11.2. The SMILES string of the molecule is C1=CC2CC2(N(c2ccccc2)c2ccc(-c3ccc4c(c3)Cc3cc5sc(-c6ccccc6)nc5cc3N4)cc2)C=C1.[HH]. The van der Waals surface area contributed by atoms with E-state index >= 15 is 0 Å². The first kappa shape index (κ1) is 24.6. The number of nitrogens with one attached hydrogen (secondary N) is 1. The zero-order chi connectivity index (χ0) is 28.4. The van der Waals surface area contributed by atoms with Crippen molar-refractivity contribution in [3.8, 4) is 21.7 Å². The summed E-state index contributed by atoms with van der Waals surface area (Å²) in [7, 11) is 0. The Labute approximate surface area is 257 Å². The number of rotatable bonds is 5. The Morgan fingerprint density at radius 3 is 2.28 bits per heavy atom. The molecule has 2 atom stereocenters. The molecule has 1 saturated carbocycles. The van der Waals surface area contributed by atoms with Gasteiger partial charge in [0.2, 0.25) is 0 Å². The molecule has 1 aromatic heterocycles. The minimum absolute atomic E-state index is 0. The van der Waals surface area contributed by atoms with Gasteiger partial charge < -0.3 is 10.2 Å².